The quantitative estimate of drug-likeness (QED) is 0.548. The fourth-order valence-electron chi connectivity index (χ4n) is 1.92. The molecule has 1 amide bonds. The van der Waals surface area contributed by atoms with Gasteiger partial charge in [-0.1, -0.05) is 27.2 Å². The number of nitrogens with zero attached hydrogens (tertiary/aromatic N) is 2. The number of carbonyl (C=O) groups is 1. The van der Waals surface area contributed by atoms with Crippen LogP contribution in [0, 0.1) is 0 Å². The molecule has 15 heavy (non-hydrogen) atoms. The maximum absolute atomic E-state index is 10.5. The molecule has 0 saturated heterocycles. The van der Waals surface area contributed by atoms with Crippen molar-refractivity contribution in [1.29, 1.82) is 0 Å². The van der Waals surface area contributed by atoms with E-state index in [0.29, 0.717) is 6.04 Å². The average molecular weight is 214 g/mol. The summed E-state index contributed by atoms with van der Waals surface area (Å²) in [4.78, 5) is 14.7. The van der Waals surface area contributed by atoms with Gasteiger partial charge in [0.1, 0.15) is 0 Å². The van der Waals surface area contributed by atoms with Crippen molar-refractivity contribution in [3.8, 4) is 0 Å². The highest BCUT2D eigenvalue weighted by atomic mass is 16.1. The summed E-state index contributed by atoms with van der Waals surface area (Å²) >= 11 is 0. The van der Waals surface area contributed by atoms with Crippen LogP contribution in [0.15, 0.2) is 0 Å². The third-order valence-corrected chi connectivity index (χ3v) is 2.94. The summed E-state index contributed by atoms with van der Waals surface area (Å²) in [5.74, 6) is 0. The predicted octanol–water partition coefficient (Wildman–Crippen LogP) is 1.98. The van der Waals surface area contributed by atoms with Crippen LogP contribution in [-0.2, 0) is 4.79 Å². The van der Waals surface area contributed by atoms with Gasteiger partial charge in [0.05, 0.1) is 0 Å². The summed E-state index contributed by atoms with van der Waals surface area (Å²) in [5, 5.41) is 0. The molecule has 0 aromatic carbocycles. The van der Waals surface area contributed by atoms with Crippen molar-refractivity contribution in [1.82, 2.24) is 9.80 Å². The van der Waals surface area contributed by atoms with Crippen molar-refractivity contribution in [3.63, 3.8) is 0 Å². The Morgan fingerprint density at radius 2 is 1.87 bits per heavy atom. The van der Waals surface area contributed by atoms with Gasteiger partial charge >= 0.3 is 0 Å². The Hall–Kier alpha value is -0.570. The Balaban J connectivity index is 4.02. The first-order valence-corrected chi connectivity index (χ1v) is 6.09. The lowest BCUT2D eigenvalue weighted by molar-refractivity contribution is -0.117. The van der Waals surface area contributed by atoms with Crippen LogP contribution >= 0.6 is 0 Å². The van der Waals surface area contributed by atoms with Crippen molar-refractivity contribution in [2.24, 2.45) is 0 Å². The average Bonchev–Trinajstić information content (AvgIpc) is 2.27. The predicted molar refractivity (Wildman–Crippen MR) is 64.9 cm³/mol. The fourth-order valence-corrected chi connectivity index (χ4v) is 1.92. The largest absolute Gasteiger partial charge is 0.347 e. The van der Waals surface area contributed by atoms with Gasteiger partial charge in [0.15, 0.2) is 0 Å². The van der Waals surface area contributed by atoms with E-state index < -0.39 is 0 Å². The Morgan fingerprint density at radius 1 is 1.20 bits per heavy atom. The molecule has 0 radical (unpaired) electrons. The molecule has 0 bridgehead atoms. The molecule has 3 heteroatoms. The van der Waals surface area contributed by atoms with E-state index in [4.69, 9.17) is 0 Å². The molecule has 0 N–H and O–H groups in total. The maximum atomic E-state index is 10.5. The smallest absolute Gasteiger partial charge is 0.209 e. The number of likely N-dealkylation sites (N-methyl/N-ethyl adjacent to an activating group) is 2. The van der Waals surface area contributed by atoms with Crippen LogP contribution in [-0.4, -0.2) is 48.9 Å². The van der Waals surface area contributed by atoms with Gasteiger partial charge in [0.25, 0.3) is 0 Å². The molecule has 0 saturated carbocycles. The third-order valence-electron chi connectivity index (χ3n) is 2.94. The first-order valence-electron chi connectivity index (χ1n) is 6.09. The summed E-state index contributed by atoms with van der Waals surface area (Å²) in [7, 11) is 1.83. The third kappa shape index (κ3) is 5.78. The molecule has 0 fully saturated rings. The van der Waals surface area contributed by atoms with E-state index in [1.807, 2.05) is 7.05 Å². The lowest BCUT2D eigenvalue weighted by Gasteiger charge is -2.30. The molecular weight excluding hydrogens is 188 g/mol. The second-order valence-electron chi connectivity index (χ2n) is 4.07. The Kier molecular flexibility index (Phi) is 8.38. The number of amides is 1. The Bertz CT molecular complexity index is 162. The number of carbonyl (C=O) groups excluding carboxylic acids is 1. The summed E-state index contributed by atoms with van der Waals surface area (Å²) in [6.45, 7) is 9.56. The highest BCUT2D eigenvalue weighted by Crippen LogP contribution is 2.10. The van der Waals surface area contributed by atoms with Gasteiger partial charge in [-0.3, -0.25) is 9.69 Å². The fraction of sp³-hybridized carbons (Fsp3) is 0.917. The van der Waals surface area contributed by atoms with Crippen molar-refractivity contribution in [2.75, 3.05) is 26.7 Å². The van der Waals surface area contributed by atoms with Gasteiger partial charge < -0.3 is 4.90 Å². The second kappa shape index (κ2) is 8.72. The van der Waals surface area contributed by atoms with Crippen LogP contribution in [0.3, 0.4) is 0 Å². The minimum absolute atomic E-state index is 0.681. The van der Waals surface area contributed by atoms with E-state index in [1.165, 1.54) is 19.3 Å². The molecule has 90 valence electrons. The van der Waals surface area contributed by atoms with Crippen molar-refractivity contribution < 1.29 is 4.79 Å². The van der Waals surface area contributed by atoms with E-state index in [1.54, 1.807) is 4.90 Å². The van der Waals surface area contributed by atoms with Crippen LogP contribution in [0.5, 0.6) is 0 Å². The Morgan fingerprint density at radius 3 is 2.27 bits per heavy atom. The minimum atomic E-state index is 0.681. The Labute approximate surface area is 94.4 Å². The van der Waals surface area contributed by atoms with Crippen LogP contribution < -0.4 is 0 Å². The molecule has 1 atom stereocenters. The lowest BCUT2D eigenvalue weighted by atomic mass is 10.1. The topological polar surface area (TPSA) is 23.6 Å². The molecule has 3 nitrogen and oxygen atoms in total. The van der Waals surface area contributed by atoms with Crippen LogP contribution in [0.1, 0.15) is 40.0 Å². The van der Waals surface area contributed by atoms with E-state index in [0.717, 1.165) is 26.0 Å². The van der Waals surface area contributed by atoms with Gasteiger partial charge in [-0.2, -0.15) is 0 Å². The van der Waals surface area contributed by atoms with Crippen molar-refractivity contribution >= 4 is 6.41 Å². The molecule has 0 aliphatic carbocycles. The van der Waals surface area contributed by atoms with E-state index in [2.05, 4.69) is 25.7 Å². The zero-order valence-electron chi connectivity index (χ0n) is 10.7. The summed E-state index contributed by atoms with van der Waals surface area (Å²) in [5.41, 5.74) is 0. The first-order chi connectivity index (χ1) is 7.19. The van der Waals surface area contributed by atoms with Gasteiger partial charge in [-0.05, 0) is 19.4 Å². The molecular formula is C12H26N2O. The van der Waals surface area contributed by atoms with Crippen molar-refractivity contribution in [3.05, 3.63) is 0 Å². The van der Waals surface area contributed by atoms with Crippen LogP contribution in [0.2, 0.25) is 0 Å². The highest BCUT2D eigenvalue weighted by Gasteiger charge is 2.13. The molecule has 0 rings (SSSR count). The number of hydrogen-bond acceptors (Lipinski definition) is 2. The standard InChI is InChI=1S/C12H26N2O/c1-5-8-12(6-2)14(7-3)10-9-13(4)11-15/h11-12H,5-10H2,1-4H3. The second-order valence-corrected chi connectivity index (χ2v) is 4.07. The lowest BCUT2D eigenvalue weighted by Crippen LogP contribution is -2.39. The van der Waals surface area contributed by atoms with E-state index in [9.17, 15) is 4.79 Å². The highest BCUT2D eigenvalue weighted by molar-refractivity contribution is 5.46. The number of hydrogen-bond donors (Lipinski definition) is 0. The van der Waals surface area contributed by atoms with E-state index >= 15 is 0 Å². The summed E-state index contributed by atoms with van der Waals surface area (Å²) in [6.07, 6.45) is 4.59. The zero-order valence-corrected chi connectivity index (χ0v) is 10.7. The molecule has 0 aliphatic heterocycles. The molecule has 0 heterocycles. The molecule has 0 spiro atoms. The molecule has 0 aromatic heterocycles. The minimum Gasteiger partial charge on any atom is -0.347 e. The summed E-state index contributed by atoms with van der Waals surface area (Å²) in [6, 6.07) is 0.681. The van der Waals surface area contributed by atoms with E-state index in [-0.39, 0.29) is 0 Å². The zero-order chi connectivity index (χ0) is 11.7. The SMILES string of the molecule is CCCC(CC)N(CC)CCN(C)C=O. The molecule has 0 aromatic rings. The maximum Gasteiger partial charge on any atom is 0.209 e. The molecule has 1 unspecified atom stereocenters. The van der Waals surface area contributed by atoms with Gasteiger partial charge in [0, 0.05) is 26.2 Å². The summed E-state index contributed by atoms with van der Waals surface area (Å²) < 4.78 is 0. The normalized spacial score (nSPS) is 12.9. The molecule has 0 aliphatic rings. The van der Waals surface area contributed by atoms with Crippen LogP contribution in [0.25, 0.3) is 0 Å². The van der Waals surface area contributed by atoms with Gasteiger partial charge in [0.2, 0.25) is 6.41 Å². The monoisotopic (exact) mass is 214 g/mol. The van der Waals surface area contributed by atoms with Gasteiger partial charge in [-0.25, -0.2) is 0 Å². The first kappa shape index (κ1) is 14.4. The van der Waals surface area contributed by atoms with Gasteiger partial charge in [-0.15, -0.1) is 0 Å². The number of rotatable bonds is 9. The van der Waals surface area contributed by atoms with Crippen LogP contribution in [0.4, 0.5) is 0 Å². The van der Waals surface area contributed by atoms with Crippen molar-refractivity contribution in [2.45, 2.75) is 46.1 Å².